The van der Waals surface area contributed by atoms with Crippen LogP contribution >= 0.6 is 11.6 Å². The second-order valence-electron chi connectivity index (χ2n) is 3.22. The predicted octanol–water partition coefficient (Wildman–Crippen LogP) is -0.825. The maximum absolute atomic E-state index is 11.2. The van der Waals surface area contributed by atoms with Gasteiger partial charge in [-0.15, -0.1) is 0 Å². The summed E-state index contributed by atoms with van der Waals surface area (Å²) in [5.74, 6) is -0.392. The molecule has 2 rings (SSSR count). The highest BCUT2D eigenvalue weighted by Gasteiger charge is 2.25. The molecule has 84 valence electrons. The highest BCUT2D eigenvalue weighted by molar-refractivity contribution is 6.35. The average Bonchev–Trinajstić information content (AvgIpc) is 2.20. The van der Waals surface area contributed by atoms with Gasteiger partial charge in [0.15, 0.2) is 5.82 Å². The molecule has 7 nitrogen and oxygen atoms in total. The third-order valence-corrected chi connectivity index (χ3v) is 2.41. The van der Waals surface area contributed by atoms with Crippen molar-refractivity contribution < 1.29 is 9.59 Å². The van der Waals surface area contributed by atoms with Gasteiger partial charge in [0.1, 0.15) is 17.2 Å². The molecule has 1 aromatic heterocycles. The molecule has 2 heterocycles. The van der Waals surface area contributed by atoms with Crippen molar-refractivity contribution in [2.75, 3.05) is 23.7 Å². The van der Waals surface area contributed by atoms with Crippen LogP contribution in [-0.2, 0) is 9.59 Å². The van der Waals surface area contributed by atoms with Gasteiger partial charge in [-0.1, -0.05) is 11.6 Å². The molecule has 0 aliphatic carbocycles. The Balaban J connectivity index is 2.33. The fraction of sp³-hybridized carbons (Fsp3) is 0.250. The Kier molecular flexibility index (Phi) is 2.61. The first-order chi connectivity index (χ1) is 7.58. The van der Waals surface area contributed by atoms with E-state index in [0.717, 1.165) is 0 Å². The summed E-state index contributed by atoms with van der Waals surface area (Å²) in [6, 6.07) is 0. The Hall–Kier alpha value is -1.89. The molecule has 0 spiro atoms. The number of nitrogens with two attached hydrogens (primary N) is 1. The fourth-order valence-corrected chi connectivity index (χ4v) is 1.60. The minimum Gasteiger partial charge on any atom is -0.382 e. The maximum atomic E-state index is 11.2. The summed E-state index contributed by atoms with van der Waals surface area (Å²) in [5.41, 5.74) is 5.50. The monoisotopic (exact) mass is 241 g/mol. The number of carbonyl (C=O) groups is 2. The molecular formula is C8H8ClN5O2. The van der Waals surface area contributed by atoms with Gasteiger partial charge in [-0.05, 0) is 0 Å². The number of anilines is 2. The topological polar surface area (TPSA) is 101 Å². The summed E-state index contributed by atoms with van der Waals surface area (Å²) >= 11 is 5.89. The van der Waals surface area contributed by atoms with Gasteiger partial charge in [-0.2, -0.15) is 0 Å². The number of nitrogens with zero attached hydrogens (tertiary/aromatic N) is 3. The van der Waals surface area contributed by atoms with Crippen molar-refractivity contribution in [2.45, 2.75) is 0 Å². The zero-order valence-electron chi connectivity index (χ0n) is 8.11. The zero-order valence-corrected chi connectivity index (χ0v) is 8.86. The second-order valence-corrected chi connectivity index (χ2v) is 3.60. The lowest BCUT2D eigenvalue weighted by Gasteiger charge is -2.26. The molecule has 1 aliphatic heterocycles. The van der Waals surface area contributed by atoms with E-state index in [2.05, 4.69) is 15.3 Å². The van der Waals surface area contributed by atoms with Crippen LogP contribution in [0.25, 0.3) is 0 Å². The van der Waals surface area contributed by atoms with E-state index in [1.54, 1.807) is 0 Å². The number of hydrogen-bond acceptors (Lipinski definition) is 6. The first-order valence-corrected chi connectivity index (χ1v) is 4.79. The first-order valence-electron chi connectivity index (χ1n) is 4.41. The van der Waals surface area contributed by atoms with Gasteiger partial charge in [0, 0.05) is 0 Å². The summed E-state index contributed by atoms with van der Waals surface area (Å²) < 4.78 is 0. The van der Waals surface area contributed by atoms with E-state index in [-0.39, 0.29) is 29.7 Å². The molecule has 0 aromatic carbocycles. The number of hydrogen-bond donors (Lipinski definition) is 2. The van der Waals surface area contributed by atoms with Gasteiger partial charge < -0.3 is 10.6 Å². The van der Waals surface area contributed by atoms with Crippen LogP contribution in [0.2, 0.25) is 5.02 Å². The lowest BCUT2D eigenvalue weighted by Crippen LogP contribution is -2.51. The number of piperazine rings is 1. The van der Waals surface area contributed by atoms with Gasteiger partial charge in [0.2, 0.25) is 11.8 Å². The molecule has 16 heavy (non-hydrogen) atoms. The van der Waals surface area contributed by atoms with Crippen LogP contribution in [0.4, 0.5) is 11.6 Å². The molecule has 0 radical (unpaired) electrons. The summed E-state index contributed by atoms with van der Waals surface area (Å²) in [5, 5.41) is 2.32. The molecule has 2 amide bonds. The first kappa shape index (κ1) is 10.6. The third kappa shape index (κ3) is 1.89. The summed E-state index contributed by atoms with van der Waals surface area (Å²) in [7, 11) is 0. The molecule has 1 aromatic rings. The highest BCUT2D eigenvalue weighted by atomic mass is 35.5. The minimum absolute atomic E-state index is 0.0158. The number of halogens is 1. The number of carbonyl (C=O) groups excluding carboxylic acids is 2. The van der Waals surface area contributed by atoms with E-state index in [9.17, 15) is 9.59 Å². The molecule has 0 unspecified atom stereocenters. The summed E-state index contributed by atoms with van der Waals surface area (Å²) in [6.45, 7) is 0.0316. The Morgan fingerprint density at radius 1 is 1.31 bits per heavy atom. The van der Waals surface area contributed by atoms with E-state index >= 15 is 0 Å². The molecular weight excluding hydrogens is 234 g/mol. The Labute approximate surface area is 95.6 Å². The number of imide groups is 1. The van der Waals surface area contributed by atoms with Crippen LogP contribution in [0.5, 0.6) is 0 Å². The van der Waals surface area contributed by atoms with E-state index in [0.29, 0.717) is 0 Å². The maximum Gasteiger partial charge on any atom is 0.246 e. The lowest BCUT2D eigenvalue weighted by atomic mass is 10.3. The van der Waals surface area contributed by atoms with Crippen molar-refractivity contribution in [1.29, 1.82) is 0 Å². The lowest BCUT2D eigenvalue weighted by molar-refractivity contribution is -0.130. The standard InChI is InChI=1S/C8H8ClN5O2/c9-6-7(10)11-3-12-8(6)14-1-4(15)13-5(16)2-14/h3H,1-2H2,(H2,10,11,12)(H,13,15,16). The minimum atomic E-state index is -0.399. The highest BCUT2D eigenvalue weighted by Crippen LogP contribution is 2.26. The molecule has 1 fully saturated rings. The van der Waals surface area contributed by atoms with Crippen molar-refractivity contribution in [3.63, 3.8) is 0 Å². The predicted molar refractivity (Wildman–Crippen MR) is 56.8 cm³/mol. The SMILES string of the molecule is Nc1ncnc(N2CC(=O)NC(=O)C2)c1Cl. The third-order valence-electron chi connectivity index (χ3n) is 2.05. The largest absolute Gasteiger partial charge is 0.382 e. The van der Waals surface area contributed by atoms with Gasteiger partial charge in [-0.25, -0.2) is 9.97 Å². The summed E-state index contributed by atoms with van der Waals surface area (Å²) in [6.07, 6.45) is 1.23. The smallest absolute Gasteiger partial charge is 0.246 e. The molecule has 1 saturated heterocycles. The number of nitrogen functional groups attached to an aromatic ring is 1. The quantitative estimate of drug-likeness (QED) is 0.623. The van der Waals surface area contributed by atoms with Crippen LogP contribution in [0.15, 0.2) is 6.33 Å². The second kappa shape index (κ2) is 3.93. The Morgan fingerprint density at radius 2 is 1.94 bits per heavy atom. The van der Waals surface area contributed by atoms with E-state index in [4.69, 9.17) is 17.3 Å². The molecule has 0 saturated carbocycles. The van der Waals surface area contributed by atoms with Crippen LogP contribution in [-0.4, -0.2) is 34.9 Å². The Bertz CT molecular complexity index is 448. The molecule has 8 heteroatoms. The normalized spacial score (nSPS) is 16.2. The summed E-state index contributed by atoms with van der Waals surface area (Å²) in [4.78, 5) is 31.4. The van der Waals surface area contributed by atoms with Crippen molar-refractivity contribution in [3.05, 3.63) is 11.3 Å². The van der Waals surface area contributed by atoms with E-state index in [1.807, 2.05) is 0 Å². The van der Waals surface area contributed by atoms with Gasteiger partial charge in [0.05, 0.1) is 13.1 Å². The van der Waals surface area contributed by atoms with E-state index < -0.39 is 11.8 Å². The van der Waals surface area contributed by atoms with Crippen LogP contribution < -0.4 is 16.0 Å². The van der Waals surface area contributed by atoms with Gasteiger partial charge >= 0.3 is 0 Å². The van der Waals surface area contributed by atoms with Crippen LogP contribution in [0, 0.1) is 0 Å². The van der Waals surface area contributed by atoms with Crippen molar-refractivity contribution in [2.24, 2.45) is 0 Å². The Morgan fingerprint density at radius 3 is 2.56 bits per heavy atom. The molecule has 1 aliphatic rings. The molecule has 0 bridgehead atoms. The average molecular weight is 242 g/mol. The number of nitrogens with one attached hydrogen (secondary N) is 1. The van der Waals surface area contributed by atoms with Crippen molar-refractivity contribution >= 4 is 35.1 Å². The number of amides is 2. The van der Waals surface area contributed by atoms with E-state index in [1.165, 1.54) is 11.2 Å². The van der Waals surface area contributed by atoms with Crippen LogP contribution in [0.1, 0.15) is 0 Å². The van der Waals surface area contributed by atoms with Gasteiger partial charge in [0.25, 0.3) is 0 Å². The fourth-order valence-electron chi connectivity index (χ4n) is 1.38. The van der Waals surface area contributed by atoms with Crippen molar-refractivity contribution in [3.8, 4) is 0 Å². The zero-order chi connectivity index (χ0) is 11.7. The number of rotatable bonds is 1. The molecule has 0 atom stereocenters. The van der Waals surface area contributed by atoms with Gasteiger partial charge in [-0.3, -0.25) is 14.9 Å². The number of aromatic nitrogens is 2. The van der Waals surface area contributed by atoms with Crippen molar-refractivity contribution in [1.82, 2.24) is 15.3 Å². The molecule has 3 N–H and O–H groups in total. The van der Waals surface area contributed by atoms with Crippen LogP contribution in [0.3, 0.4) is 0 Å².